The molecule has 3 nitrogen and oxygen atoms in total. The van der Waals surface area contributed by atoms with Gasteiger partial charge in [0.15, 0.2) is 0 Å². The number of nitrogens with zero attached hydrogens (tertiary/aromatic N) is 3. The van der Waals surface area contributed by atoms with Crippen LogP contribution < -0.4 is 4.90 Å². The normalized spacial score (nSPS) is 15.3. The van der Waals surface area contributed by atoms with Crippen molar-refractivity contribution in [2.75, 3.05) is 11.9 Å². The molecule has 13 heavy (non-hydrogen) atoms. The van der Waals surface area contributed by atoms with Gasteiger partial charge in [-0.3, -0.25) is 4.99 Å². The van der Waals surface area contributed by atoms with Crippen LogP contribution in [0, 0.1) is 6.92 Å². The molecule has 1 aromatic heterocycles. The summed E-state index contributed by atoms with van der Waals surface area (Å²) >= 11 is 0. The fourth-order valence-electron chi connectivity index (χ4n) is 1.44. The number of aliphatic imine (C=N–C) groups is 1. The van der Waals surface area contributed by atoms with Crippen molar-refractivity contribution < 1.29 is 0 Å². The first-order valence-electron chi connectivity index (χ1n) is 4.40. The SMILES string of the molecule is CC1=NCc2ccc(C)nc2N1C. The number of anilines is 1. The summed E-state index contributed by atoms with van der Waals surface area (Å²) in [5, 5.41) is 0. The van der Waals surface area contributed by atoms with E-state index in [1.165, 1.54) is 5.56 Å². The van der Waals surface area contributed by atoms with Crippen molar-refractivity contribution in [1.82, 2.24) is 4.98 Å². The van der Waals surface area contributed by atoms with Gasteiger partial charge >= 0.3 is 0 Å². The highest BCUT2D eigenvalue weighted by molar-refractivity contribution is 5.96. The molecular weight excluding hydrogens is 162 g/mol. The minimum absolute atomic E-state index is 0.763. The van der Waals surface area contributed by atoms with E-state index in [4.69, 9.17) is 0 Å². The van der Waals surface area contributed by atoms with Crippen LogP contribution in [0.2, 0.25) is 0 Å². The quantitative estimate of drug-likeness (QED) is 0.601. The van der Waals surface area contributed by atoms with E-state index in [1.807, 2.05) is 31.9 Å². The van der Waals surface area contributed by atoms with Crippen molar-refractivity contribution in [3.05, 3.63) is 23.4 Å². The van der Waals surface area contributed by atoms with Crippen LogP contribution in [0.5, 0.6) is 0 Å². The number of fused-ring (bicyclic) bond motifs is 1. The van der Waals surface area contributed by atoms with E-state index in [1.54, 1.807) is 0 Å². The van der Waals surface area contributed by atoms with Gasteiger partial charge in [0.2, 0.25) is 0 Å². The van der Waals surface area contributed by atoms with E-state index in [0.717, 1.165) is 23.9 Å². The largest absolute Gasteiger partial charge is 0.318 e. The second-order valence-electron chi connectivity index (χ2n) is 3.36. The van der Waals surface area contributed by atoms with Crippen LogP contribution in [0.25, 0.3) is 0 Å². The average Bonchev–Trinajstić information content (AvgIpc) is 2.12. The summed E-state index contributed by atoms with van der Waals surface area (Å²) in [6.45, 7) is 4.78. The monoisotopic (exact) mass is 175 g/mol. The summed E-state index contributed by atoms with van der Waals surface area (Å²) < 4.78 is 0. The first-order chi connectivity index (χ1) is 6.18. The third-order valence-electron chi connectivity index (χ3n) is 2.38. The molecule has 1 aromatic rings. The Hall–Kier alpha value is -1.38. The van der Waals surface area contributed by atoms with E-state index < -0.39 is 0 Å². The number of hydrogen-bond acceptors (Lipinski definition) is 3. The van der Waals surface area contributed by atoms with E-state index in [-0.39, 0.29) is 0 Å². The smallest absolute Gasteiger partial charge is 0.138 e. The fourth-order valence-corrected chi connectivity index (χ4v) is 1.44. The van der Waals surface area contributed by atoms with Crippen molar-refractivity contribution >= 4 is 11.7 Å². The van der Waals surface area contributed by atoms with Gasteiger partial charge in [-0.25, -0.2) is 4.98 Å². The molecule has 2 heterocycles. The highest BCUT2D eigenvalue weighted by atomic mass is 15.2. The predicted octanol–water partition coefficient (Wildman–Crippen LogP) is 1.76. The molecule has 0 aliphatic carbocycles. The standard InChI is InChI=1S/C10H13N3/c1-7-4-5-9-6-11-8(2)13(3)10(9)12-7/h4-5H,6H2,1-3H3. The molecule has 0 atom stereocenters. The van der Waals surface area contributed by atoms with E-state index in [9.17, 15) is 0 Å². The third-order valence-corrected chi connectivity index (χ3v) is 2.38. The zero-order valence-corrected chi connectivity index (χ0v) is 8.20. The van der Waals surface area contributed by atoms with Crippen LogP contribution in [0.4, 0.5) is 5.82 Å². The zero-order chi connectivity index (χ0) is 9.42. The van der Waals surface area contributed by atoms with Gasteiger partial charge < -0.3 is 4.90 Å². The van der Waals surface area contributed by atoms with Crippen molar-refractivity contribution in [1.29, 1.82) is 0 Å². The Morgan fingerprint density at radius 3 is 2.85 bits per heavy atom. The molecule has 0 aromatic carbocycles. The Balaban J connectivity index is 2.51. The van der Waals surface area contributed by atoms with Crippen molar-refractivity contribution in [3.8, 4) is 0 Å². The van der Waals surface area contributed by atoms with Gasteiger partial charge in [-0.15, -0.1) is 0 Å². The average molecular weight is 175 g/mol. The zero-order valence-electron chi connectivity index (χ0n) is 8.20. The molecule has 0 saturated carbocycles. The predicted molar refractivity (Wildman–Crippen MR) is 54.2 cm³/mol. The maximum atomic E-state index is 4.49. The lowest BCUT2D eigenvalue weighted by Gasteiger charge is -2.24. The molecule has 2 rings (SSSR count). The molecule has 0 unspecified atom stereocenters. The van der Waals surface area contributed by atoms with Gasteiger partial charge in [0.1, 0.15) is 11.7 Å². The molecule has 0 spiro atoms. The summed E-state index contributed by atoms with van der Waals surface area (Å²) in [6.07, 6.45) is 0. The molecule has 0 fully saturated rings. The lowest BCUT2D eigenvalue weighted by atomic mass is 10.2. The van der Waals surface area contributed by atoms with Crippen molar-refractivity contribution in [3.63, 3.8) is 0 Å². The summed E-state index contributed by atoms with van der Waals surface area (Å²) in [5.74, 6) is 2.08. The molecule has 1 aliphatic rings. The minimum atomic E-state index is 0.763. The Labute approximate surface area is 78.1 Å². The van der Waals surface area contributed by atoms with Gasteiger partial charge in [0.05, 0.1) is 6.54 Å². The lowest BCUT2D eigenvalue weighted by Crippen LogP contribution is -2.28. The number of aromatic nitrogens is 1. The van der Waals surface area contributed by atoms with E-state index in [0.29, 0.717) is 0 Å². The van der Waals surface area contributed by atoms with E-state index >= 15 is 0 Å². The molecular formula is C10H13N3. The minimum Gasteiger partial charge on any atom is -0.318 e. The van der Waals surface area contributed by atoms with Crippen molar-refractivity contribution in [2.45, 2.75) is 20.4 Å². The topological polar surface area (TPSA) is 28.5 Å². The first kappa shape index (κ1) is 8.23. The summed E-state index contributed by atoms with van der Waals surface area (Å²) in [4.78, 5) is 10.9. The van der Waals surface area contributed by atoms with Crippen LogP contribution in [-0.2, 0) is 6.54 Å². The lowest BCUT2D eigenvalue weighted by molar-refractivity contribution is 0.952. The summed E-state index contributed by atoms with van der Waals surface area (Å²) in [6, 6.07) is 4.13. The van der Waals surface area contributed by atoms with E-state index in [2.05, 4.69) is 16.0 Å². The molecule has 0 saturated heterocycles. The van der Waals surface area contributed by atoms with Crippen LogP contribution in [-0.4, -0.2) is 17.9 Å². The maximum absolute atomic E-state index is 4.49. The number of amidine groups is 1. The first-order valence-corrected chi connectivity index (χ1v) is 4.40. The maximum Gasteiger partial charge on any atom is 0.138 e. The highest BCUT2D eigenvalue weighted by Gasteiger charge is 2.15. The number of pyridine rings is 1. The number of hydrogen-bond donors (Lipinski definition) is 0. The van der Waals surface area contributed by atoms with Crippen LogP contribution in [0.15, 0.2) is 17.1 Å². The van der Waals surface area contributed by atoms with Crippen molar-refractivity contribution in [2.24, 2.45) is 4.99 Å². The van der Waals surface area contributed by atoms with Gasteiger partial charge in [-0.05, 0) is 19.9 Å². The molecule has 1 aliphatic heterocycles. The fraction of sp³-hybridized carbons (Fsp3) is 0.400. The molecule has 0 N–H and O–H groups in total. The summed E-state index contributed by atoms with van der Waals surface area (Å²) in [5.41, 5.74) is 2.26. The second-order valence-corrected chi connectivity index (χ2v) is 3.36. The van der Waals surface area contributed by atoms with Crippen LogP contribution >= 0.6 is 0 Å². The Morgan fingerprint density at radius 1 is 1.31 bits per heavy atom. The third kappa shape index (κ3) is 1.30. The highest BCUT2D eigenvalue weighted by Crippen LogP contribution is 2.22. The molecule has 0 bridgehead atoms. The number of aryl methyl sites for hydroxylation is 1. The molecule has 0 radical (unpaired) electrons. The Morgan fingerprint density at radius 2 is 2.08 bits per heavy atom. The molecule has 3 heteroatoms. The van der Waals surface area contributed by atoms with Gasteiger partial charge in [0.25, 0.3) is 0 Å². The van der Waals surface area contributed by atoms with Gasteiger partial charge in [0, 0.05) is 18.3 Å². The van der Waals surface area contributed by atoms with Crippen LogP contribution in [0.3, 0.4) is 0 Å². The van der Waals surface area contributed by atoms with Crippen LogP contribution in [0.1, 0.15) is 18.2 Å². The van der Waals surface area contributed by atoms with Gasteiger partial charge in [-0.1, -0.05) is 6.07 Å². The Kier molecular flexibility index (Phi) is 1.79. The Bertz CT molecular complexity index is 368. The summed E-state index contributed by atoms with van der Waals surface area (Å²) in [7, 11) is 2.00. The molecule has 68 valence electrons. The van der Waals surface area contributed by atoms with Gasteiger partial charge in [-0.2, -0.15) is 0 Å². The number of rotatable bonds is 0. The molecule has 0 amide bonds. The second kappa shape index (κ2) is 2.83.